The number of hydrogen-bond donors (Lipinski definition) is 1. The van der Waals surface area contributed by atoms with Gasteiger partial charge in [-0.15, -0.1) is 0 Å². The molecule has 0 bridgehead atoms. The maximum absolute atomic E-state index is 11.5. The van der Waals surface area contributed by atoms with E-state index in [2.05, 4.69) is 5.32 Å². The molecule has 0 saturated heterocycles. The van der Waals surface area contributed by atoms with E-state index in [4.69, 9.17) is 0 Å². The van der Waals surface area contributed by atoms with Crippen LogP contribution in [0.1, 0.15) is 17.3 Å². The zero-order valence-electron chi connectivity index (χ0n) is 7.20. The number of hydrogen-bond acceptors (Lipinski definition) is 2. The fraction of sp³-hybridized carbons (Fsp3) is 0.100. The van der Waals surface area contributed by atoms with Crippen LogP contribution in [0.2, 0.25) is 0 Å². The molecule has 0 saturated carbocycles. The Balaban J connectivity index is 2.48. The third kappa shape index (κ3) is 1.47. The number of carbonyl (C=O) groups is 1. The summed E-state index contributed by atoms with van der Waals surface area (Å²) in [6.07, 6.45) is 1.90. The van der Waals surface area contributed by atoms with Gasteiger partial charge < -0.3 is 5.32 Å². The second kappa shape index (κ2) is 3.26. The SMILES string of the molecule is C/C=C1\NC(=O)c2ccccc2S1. The molecule has 0 radical (unpaired) electrons. The van der Waals surface area contributed by atoms with Gasteiger partial charge in [0.25, 0.3) is 5.91 Å². The molecule has 1 aliphatic rings. The molecule has 0 unspecified atom stereocenters. The highest BCUT2D eigenvalue weighted by atomic mass is 32.2. The van der Waals surface area contributed by atoms with Crippen molar-refractivity contribution in [1.29, 1.82) is 0 Å². The van der Waals surface area contributed by atoms with Gasteiger partial charge in [-0.3, -0.25) is 4.79 Å². The molecular weight excluding hydrogens is 182 g/mol. The summed E-state index contributed by atoms with van der Waals surface area (Å²) in [5, 5.41) is 3.71. The summed E-state index contributed by atoms with van der Waals surface area (Å²) in [7, 11) is 0. The fourth-order valence-corrected chi connectivity index (χ4v) is 2.11. The molecule has 0 fully saturated rings. The minimum atomic E-state index is -0.0116. The average Bonchev–Trinajstić information content (AvgIpc) is 2.18. The Hall–Kier alpha value is -1.22. The first-order chi connectivity index (χ1) is 6.31. The van der Waals surface area contributed by atoms with Crippen LogP contribution in [0.4, 0.5) is 0 Å². The third-order valence-electron chi connectivity index (χ3n) is 1.85. The monoisotopic (exact) mass is 191 g/mol. The smallest absolute Gasteiger partial charge is 0.257 e. The van der Waals surface area contributed by atoms with E-state index < -0.39 is 0 Å². The Morgan fingerprint density at radius 2 is 2.15 bits per heavy atom. The van der Waals surface area contributed by atoms with Crippen LogP contribution < -0.4 is 5.32 Å². The molecule has 1 N–H and O–H groups in total. The van der Waals surface area contributed by atoms with Gasteiger partial charge in [-0.25, -0.2) is 0 Å². The molecule has 1 amide bonds. The van der Waals surface area contributed by atoms with Crippen LogP contribution in [0.5, 0.6) is 0 Å². The summed E-state index contributed by atoms with van der Waals surface area (Å²) < 4.78 is 0. The van der Waals surface area contributed by atoms with Crippen LogP contribution >= 0.6 is 11.8 Å². The van der Waals surface area contributed by atoms with Crippen molar-refractivity contribution in [2.75, 3.05) is 0 Å². The number of thioether (sulfide) groups is 1. The van der Waals surface area contributed by atoms with Gasteiger partial charge in [-0.05, 0) is 19.1 Å². The number of carbonyl (C=O) groups excluding carboxylic acids is 1. The first-order valence-corrected chi connectivity index (χ1v) is 4.87. The number of fused-ring (bicyclic) bond motifs is 1. The zero-order chi connectivity index (χ0) is 9.26. The molecule has 2 nitrogen and oxygen atoms in total. The minimum absolute atomic E-state index is 0.0116. The fourth-order valence-electron chi connectivity index (χ4n) is 1.20. The lowest BCUT2D eigenvalue weighted by atomic mass is 10.2. The van der Waals surface area contributed by atoms with Crippen molar-refractivity contribution in [3.63, 3.8) is 0 Å². The minimum Gasteiger partial charge on any atom is -0.317 e. The highest BCUT2D eigenvalue weighted by molar-refractivity contribution is 8.03. The van der Waals surface area contributed by atoms with Gasteiger partial charge in [-0.1, -0.05) is 30.0 Å². The van der Waals surface area contributed by atoms with Gasteiger partial charge in [-0.2, -0.15) is 0 Å². The highest BCUT2D eigenvalue weighted by Crippen LogP contribution is 2.31. The number of amides is 1. The van der Waals surface area contributed by atoms with E-state index in [0.29, 0.717) is 0 Å². The van der Waals surface area contributed by atoms with Gasteiger partial charge in [0.15, 0.2) is 0 Å². The Morgan fingerprint density at radius 1 is 1.38 bits per heavy atom. The van der Waals surface area contributed by atoms with Gasteiger partial charge >= 0.3 is 0 Å². The summed E-state index contributed by atoms with van der Waals surface area (Å²) in [5.74, 6) is -0.0116. The van der Waals surface area contributed by atoms with E-state index in [9.17, 15) is 4.79 Å². The molecular formula is C10H9NOS. The Bertz CT molecular complexity index is 384. The predicted octanol–water partition coefficient (Wildman–Crippen LogP) is 2.38. The van der Waals surface area contributed by atoms with Gasteiger partial charge in [0, 0.05) is 4.90 Å². The van der Waals surface area contributed by atoms with E-state index in [-0.39, 0.29) is 5.91 Å². The lowest BCUT2D eigenvalue weighted by molar-refractivity contribution is 0.0964. The van der Waals surface area contributed by atoms with Crippen molar-refractivity contribution in [3.8, 4) is 0 Å². The van der Waals surface area contributed by atoms with Crippen LogP contribution in [-0.4, -0.2) is 5.91 Å². The summed E-state index contributed by atoms with van der Waals surface area (Å²) >= 11 is 1.59. The average molecular weight is 191 g/mol. The molecule has 13 heavy (non-hydrogen) atoms. The van der Waals surface area contributed by atoms with E-state index in [1.807, 2.05) is 37.3 Å². The molecule has 0 aromatic heterocycles. The normalized spacial score (nSPS) is 18.2. The van der Waals surface area contributed by atoms with Crippen molar-refractivity contribution in [3.05, 3.63) is 40.9 Å². The van der Waals surface area contributed by atoms with Gasteiger partial charge in [0.05, 0.1) is 10.6 Å². The zero-order valence-corrected chi connectivity index (χ0v) is 8.02. The molecule has 3 heteroatoms. The van der Waals surface area contributed by atoms with Crippen LogP contribution in [0.25, 0.3) is 0 Å². The molecule has 1 aromatic carbocycles. The van der Waals surface area contributed by atoms with E-state index in [1.165, 1.54) is 0 Å². The van der Waals surface area contributed by atoms with E-state index in [1.54, 1.807) is 11.8 Å². The van der Waals surface area contributed by atoms with Crippen LogP contribution in [-0.2, 0) is 0 Å². The molecule has 1 aromatic rings. The standard InChI is InChI=1S/C10H9NOS/c1-2-9-11-10(12)7-5-3-4-6-8(7)13-9/h2-6H,1H3,(H,11,12)/b9-2+. The summed E-state index contributed by atoms with van der Waals surface area (Å²) in [6, 6.07) is 7.61. The number of benzene rings is 1. The first-order valence-electron chi connectivity index (χ1n) is 4.06. The topological polar surface area (TPSA) is 29.1 Å². The number of allylic oxidation sites excluding steroid dienone is 1. The lowest BCUT2D eigenvalue weighted by Gasteiger charge is -2.17. The second-order valence-corrected chi connectivity index (χ2v) is 3.79. The highest BCUT2D eigenvalue weighted by Gasteiger charge is 2.18. The number of rotatable bonds is 0. The Labute approximate surface area is 81.0 Å². The summed E-state index contributed by atoms with van der Waals surface area (Å²) in [6.45, 7) is 1.91. The summed E-state index contributed by atoms with van der Waals surface area (Å²) in [4.78, 5) is 12.5. The molecule has 0 aliphatic carbocycles. The quantitative estimate of drug-likeness (QED) is 0.682. The van der Waals surface area contributed by atoms with Crippen LogP contribution in [0.15, 0.2) is 40.3 Å². The molecule has 66 valence electrons. The van der Waals surface area contributed by atoms with Gasteiger partial charge in [0.1, 0.15) is 0 Å². The Morgan fingerprint density at radius 3 is 2.92 bits per heavy atom. The molecule has 0 spiro atoms. The molecule has 1 aliphatic heterocycles. The van der Waals surface area contributed by atoms with Crippen molar-refractivity contribution in [2.45, 2.75) is 11.8 Å². The molecule has 2 rings (SSSR count). The maximum atomic E-state index is 11.5. The summed E-state index contributed by atoms with van der Waals surface area (Å²) in [5.41, 5.74) is 0.762. The first kappa shape index (κ1) is 8.38. The van der Waals surface area contributed by atoms with Crippen molar-refractivity contribution in [2.24, 2.45) is 0 Å². The van der Waals surface area contributed by atoms with E-state index in [0.717, 1.165) is 15.5 Å². The van der Waals surface area contributed by atoms with E-state index >= 15 is 0 Å². The van der Waals surface area contributed by atoms with Crippen molar-refractivity contribution < 1.29 is 4.79 Å². The maximum Gasteiger partial charge on any atom is 0.257 e. The van der Waals surface area contributed by atoms with Crippen molar-refractivity contribution >= 4 is 17.7 Å². The van der Waals surface area contributed by atoms with Crippen LogP contribution in [0.3, 0.4) is 0 Å². The predicted molar refractivity (Wildman–Crippen MR) is 53.5 cm³/mol. The lowest BCUT2D eigenvalue weighted by Crippen LogP contribution is -2.25. The largest absolute Gasteiger partial charge is 0.317 e. The second-order valence-electron chi connectivity index (χ2n) is 2.71. The number of nitrogens with one attached hydrogen (secondary N) is 1. The van der Waals surface area contributed by atoms with Crippen molar-refractivity contribution in [1.82, 2.24) is 5.32 Å². The third-order valence-corrected chi connectivity index (χ3v) is 2.98. The Kier molecular flexibility index (Phi) is 2.10. The molecule has 1 heterocycles. The van der Waals surface area contributed by atoms with Gasteiger partial charge in [0.2, 0.25) is 0 Å². The molecule has 0 atom stereocenters. The van der Waals surface area contributed by atoms with Crippen LogP contribution in [0, 0.1) is 0 Å².